The van der Waals surface area contributed by atoms with Crippen LogP contribution in [0.4, 0.5) is 15.9 Å². The summed E-state index contributed by atoms with van der Waals surface area (Å²) in [6, 6.07) is 16.5. The van der Waals surface area contributed by atoms with Crippen LogP contribution in [0.5, 0.6) is 0 Å². The number of hydrogen-bond acceptors (Lipinski definition) is 3. The summed E-state index contributed by atoms with van der Waals surface area (Å²) in [4.78, 5) is 16.4. The van der Waals surface area contributed by atoms with Gasteiger partial charge in [-0.15, -0.1) is 0 Å². The van der Waals surface area contributed by atoms with Crippen molar-refractivity contribution in [3.63, 3.8) is 0 Å². The Labute approximate surface area is 149 Å². The predicted octanol–water partition coefficient (Wildman–Crippen LogP) is 4.74. The number of amides is 1. The molecule has 2 aromatic carbocycles. The van der Waals surface area contributed by atoms with E-state index in [-0.39, 0.29) is 11.7 Å². The van der Waals surface area contributed by atoms with Crippen LogP contribution in [0.1, 0.15) is 15.9 Å². The predicted molar refractivity (Wildman–Crippen MR) is 97.4 cm³/mol. The van der Waals surface area contributed by atoms with Gasteiger partial charge in [0.25, 0.3) is 5.91 Å². The van der Waals surface area contributed by atoms with E-state index < -0.39 is 0 Å². The zero-order chi connectivity index (χ0) is 17.6. The molecule has 0 fully saturated rings. The van der Waals surface area contributed by atoms with Gasteiger partial charge in [-0.25, -0.2) is 9.37 Å². The summed E-state index contributed by atoms with van der Waals surface area (Å²) in [6.07, 6.45) is 1.48. The molecule has 0 radical (unpaired) electrons. The number of aromatic nitrogens is 1. The SMILES string of the molecule is O=C(Nc1ccc(F)cc1)c1ccc(NCc2ccccc2Cl)nc1. The van der Waals surface area contributed by atoms with E-state index >= 15 is 0 Å². The van der Waals surface area contributed by atoms with Gasteiger partial charge in [-0.1, -0.05) is 29.8 Å². The summed E-state index contributed by atoms with van der Waals surface area (Å²) in [5.41, 5.74) is 1.89. The second-order valence-electron chi connectivity index (χ2n) is 5.34. The van der Waals surface area contributed by atoms with Crippen LogP contribution in [-0.4, -0.2) is 10.9 Å². The molecular formula is C19H15ClFN3O. The highest BCUT2D eigenvalue weighted by atomic mass is 35.5. The quantitative estimate of drug-likeness (QED) is 0.695. The zero-order valence-electron chi connectivity index (χ0n) is 13.2. The van der Waals surface area contributed by atoms with Crippen LogP contribution in [0.15, 0.2) is 66.9 Å². The first-order chi connectivity index (χ1) is 12.1. The lowest BCUT2D eigenvalue weighted by Crippen LogP contribution is -2.12. The number of pyridine rings is 1. The fourth-order valence-electron chi connectivity index (χ4n) is 2.20. The Morgan fingerprint density at radius 3 is 2.48 bits per heavy atom. The van der Waals surface area contributed by atoms with Crippen molar-refractivity contribution in [1.82, 2.24) is 4.98 Å². The lowest BCUT2D eigenvalue weighted by Gasteiger charge is -2.08. The topological polar surface area (TPSA) is 54.0 Å². The maximum atomic E-state index is 12.9. The van der Waals surface area contributed by atoms with E-state index in [4.69, 9.17) is 11.6 Å². The highest BCUT2D eigenvalue weighted by molar-refractivity contribution is 6.31. The van der Waals surface area contributed by atoms with Gasteiger partial charge in [0.15, 0.2) is 0 Å². The largest absolute Gasteiger partial charge is 0.366 e. The molecule has 1 amide bonds. The van der Waals surface area contributed by atoms with Crippen LogP contribution in [0, 0.1) is 5.82 Å². The molecule has 0 aliphatic rings. The molecule has 0 atom stereocenters. The van der Waals surface area contributed by atoms with Gasteiger partial charge < -0.3 is 10.6 Å². The number of rotatable bonds is 5. The molecule has 2 N–H and O–H groups in total. The summed E-state index contributed by atoms with van der Waals surface area (Å²) in [5, 5.41) is 6.53. The number of benzene rings is 2. The molecule has 0 saturated carbocycles. The van der Waals surface area contributed by atoms with E-state index in [0.29, 0.717) is 28.6 Å². The molecule has 126 valence electrons. The third kappa shape index (κ3) is 4.55. The molecule has 0 aliphatic carbocycles. The summed E-state index contributed by atoms with van der Waals surface area (Å²) in [7, 11) is 0. The number of nitrogens with one attached hydrogen (secondary N) is 2. The average molecular weight is 356 g/mol. The van der Waals surface area contributed by atoms with E-state index in [1.807, 2.05) is 24.3 Å². The Kier molecular flexibility index (Phi) is 5.26. The molecular weight excluding hydrogens is 341 g/mol. The van der Waals surface area contributed by atoms with Gasteiger partial charge in [0, 0.05) is 23.5 Å². The van der Waals surface area contributed by atoms with Crippen LogP contribution < -0.4 is 10.6 Å². The van der Waals surface area contributed by atoms with E-state index in [0.717, 1.165) is 5.56 Å². The monoisotopic (exact) mass is 355 g/mol. The van der Waals surface area contributed by atoms with Crippen molar-refractivity contribution in [2.75, 3.05) is 10.6 Å². The van der Waals surface area contributed by atoms with Gasteiger partial charge >= 0.3 is 0 Å². The van der Waals surface area contributed by atoms with E-state index in [1.165, 1.54) is 30.5 Å². The van der Waals surface area contributed by atoms with Gasteiger partial charge in [-0.2, -0.15) is 0 Å². The molecule has 1 aromatic heterocycles. The van der Waals surface area contributed by atoms with Crippen LogP contribution >= 0.6 is 11.6 Å². The second kappa shape index (κ2) is 7.77. The number of hydrogen-bond donors (Lipinski definition) is 2. The molecule has 1 heterocycles. The van der Waals surface area contributed by atoms with Crippen molar-refractivity contribution >= 4 is 29.0 Å². The van der Waals surface area contributed by atoms with Crippen molar-refractivity contribution in [3.8, 4) is 0 Å². The minimum atomic E-state index is -0.353. The van der Waals surface area contributed by atoms with Crippen molar-refractivity contribution in [2.24, 2.45) is 0 Å². The fraction of sp³-hybridized carbons (Fsp3) is 0.0526. The highest BCUT2D eigenvalue weighted by Gasteiger charge is 2.07. The minimum Gasteiger partial charge on any atom is -0.366 e. The molecule has 0 aliphatic heterocycles. The molecule has 0 saturated heterocycles. The summed E-state index contributed by atoms with van der Waals surface area (Å²) in [5.74, 6) is -0.0244. The molecule has 25 heavy (non-hydrogen) atoms. The van der Waals surface area contributed by atoms with Crippen molar-refractivity contribution in [2.45, 2.75) is 6.54 Å². The Balaban J connectivity index is 1.60. The van der Waals surface area contributed by atoms with Gasteiger partial charge in [0.2, 0.25) is 0 Å². The molecule has 6 heteroatoms. The van der Waals surface area contributed by atoms with Gasteiger partial charge in [0.05, 0.1) is 5.56 Å². The summed E-state index contributed by atoms with van der Waals surface area (Å²) in [6.45, 7) is 0.536. The maximum Gasteiger partial charge on any atom is 0.257 e. The lowest BCUT2D eigenvalue weighted by atomic mass is 10.2. The standard InChI is InChI=1S/C19H15ClFN3O/c20-17-4-2-1-3-13(17)11-22-18-10-5-14(12-23-18)19(25)24-16-8-6-15(21)7-9-16/h1-10,12H,11H2,(H,22,23)(H,24,25). The Bertz CT molecular complexity index is 867. The van der Waals surface area contributed by atoms with Crippen molar-refractivity contribution < 1.29 is 9.18 Å². The van der Waals surface area contributed by atoms with Crippen LogP contribution in [0.25, 0.3) is 0 Å². The van der Waals surface area contributed by atoms with E-state index in [2.05, 4.69) is 15.6 Å². The van der Waals surface area contributed by atoms with Crippen LogP contribution in [0.3, 0.4) is 0 Å². The van der Waals surface area contributed by atoms with E-state index in [1.54, 1.807) is 12.1 Å². The molecule has 0 bridgehead atoms. The Morgan fingerprint density at radius 2 is 1.80 bits per heavy atom. The average Bonchev–Trinajstić information content (AvgIpc) is 2.63. The number of carbonyl (C=O) groups excluding carboxylic acids is 1. The van der Waals surface area contributed by atoms with Gasteiger partial charge in [-0.05, 0) is 48.0 Å². The Morgan fingerprint density at radius 1 is 1.04 bits per heavy atom. The fourth-order valence-corrected chi connectivity index (χ4v) is 2.40. The highest BCUT2D eigenvalue weighted by Crippen LogP contribution is 2.17. The minimum absolute atomic E-state index is 0.309. The normalized spacial score (nSPS) is 10.3. The lowest BCUT2D eigenvalue weighted by molar-refractivity contribution is 0.102. The van der Waals surface area contributed by atoms with Crippen molar-refractivity contribution in [3.05, 3.63) is 88.8 Å². The third-order valence-electron chi connectivity index (χ3n) is 3.55. The zero-order valence-corrected chi connectivity index (χ0v) is 13.9. The summed E-state index contributed by atoms with van der Waals surface area (Å²) < 4.78 is 12.9. The molecule has 3 aromatic rings. The molecule has 0 unspecified atom stereocenters. The smallest absolute Gasteiger partial charge is 0.257 e. The molecule has 4 nitrogen and oxygen atoms in total. The first-order valence-corrected chi connectivity index (χ1v) is 8.00. The first kappa shape index (κ1) is 16.9. The second-order valence-corrected chi connectivity index (χ2v) is 5.75. The third-order valence-corrected chi connectivity index (χ3v) is 3.91. The number of anilines is 2. The maximum absolute atomic E-state index is 12.9. The Hall–Kier alpha value is -2.92. The van der Waals surface area contributed by atoms with Gasteiger partial charge in [-0.3, -0.25) is 4.79 Å². The number of carbonyl (C=O) groups is 1. The first-order valence-electron chi connectivity index (χ1n) is 7.62. The number of nitrogens with zero attached hydrogens (tertiary/aromatic N) is 1. The van der Waals surface area contributed by atoms with Crippen LogP contribution in [-0.2, 0) is 6.54 Å². The van der Waals surface area contributed by atoms with Crippen molar-refractivity contribution in [1.29, 1.82) is 0 Å². The van der Waals surface area contributed by atoms with Crippen LogP contribution in [0.2, 0.25) is 5.02 Å². The number of halogens is 2. The molecule has 3 rings (SSSR count). The molecule has 0 spiro atoms. The van der Waals surface area contributed by atoms with Gasteiger partial charge in [0.1, 0.15) is 11.6 Å². The van der Waals surface area contributed by atoms with E-state index in [9.17, 15) is 9.18 Å². The summed E-state index contributed by atoms with van der Waals surface area (Å²) >= 11 is 6.11.